The number of hydrogen-bond donors (Lipinski definition) is 2. The average Bonchev–Trinajstić information content (AvgIpc) is 3.33. The third-order valence-electron chi connectivity index (χ3n) is 7.02. The van der Waals surface area contributed by atoms with Gasteiger partial charge in [-0.3, -0.25) is 19.3 Å². The van der Waals surface area contributed by atoms with Crippen LogP contribution in [-0.2, 0) is 25.5 Å². The molecule has 1 unspecified atom stereocenters. The Labute approximate surface area is 188 Å². The lowest BCUT2D eigenvalue weighted by atomic mass is 9.87. The lowest BCUT2D eigenvalue weighted by Gasteiger charge is -2.50. The molecule has 3 saturated heterocycles. The predicted octanol–water partition coefficient (Wildman–Crippen LogP) is 1.27. The zero-order chi connectivity index (χ0) is 23.3. The van der Waals surface area contributed by atoms with Crippen LogP contribution in [-0.4, -0.2) is 69.3 Å². The molecule has 32 heavy (non-hydrogen) atoms. The Kier molecular flexibility index (Phi) is 5.79. The highest BCUT2D eigenvalue weighted by Gasteiger charge is 2.73. The van der Waals surface area contributed by atoms with Gasteiger partial charge in [0.1, 0.15) is 12.1 Å². The van der Waals surface area contributed by atoms with Crippen molar-refractivity contribution in [1.82, 2.24) is 15.1 Å². The number of fused-ring (bicyclic) bond motifs is 3. The first-order valence-electron chi connectivity index (χ1n) is 11.5. The molecule has 4 rings (SSSR count). The van der Waals surface area contributed by atoms with Crippen molar-refractivity contribution in [1.29, 1.82) is 0 Å². The van der Waals surface area contributed by atoms with E-state index in [2.05, 4.69) is 5.32 Å². The van der Waals surface area contributed by atoms with Crippen LogP contribution in [0.15, 0.2) is 30.3 Å². The molecule has 3 heterocycles. The van der Waals surface area contributed by atoms with Crippen molar-refractivity contribution in [3.05, 3.63) is 35.9 Å². The normalized spacial score (nSPS) is 32.0. The number of aliphatic hydroxyl groups is 1. The number of benzene rings is 1. The summed E-state index contributed by atoms with van der Waals surface area (Å²) in [6.45, 7) is 7.97. The minimum Gasteiger partial charge on any atom is -0.353 e. The van der Waals surface area contributed by atoms with Crippen LogP contribution in [0.5, 0.6) is 0 Å². The second kappa shape index (κ2) is 8.15. The van der Waals surface area contributed by atoms with E-state index in [0.717, 1.165) is 5.56 Å². The molecule has 0 spiro atoms. The van der Waals surface area contributed by atoms with E-state index in [1.807, 2.05) is 44.2 Å². The number of piperazine rings is 1. The van der Waals surface area contributed by atoms with E-state index in [9.17, 15) is 19.5 Å². The summed E-state index contributed by atoms with van der Waals surface area (Å²) < 4.78 is 6.15. The van der Waals surface area contributed by atoms with Crippen LogP contribution in [0.3, 0.4) is 0 Å². The van der Waals surface area contributed by atoms with Crippen LogP contribution >= 0.6 is 0 Å². The van der Waals surface area contributed by atoms with Crippen molar-refractivity contribution in [3.63, 3.8) is 0 Å². The molecular formula is C24H33N3O5. The van der Waals surface area contributed by atoms with E-state index in [-0.39, 0.29) is 11.8 Å². The van der Waals surface area contributed by atoms with Gasteiger partial charge in [0.05, 0.1) is 0 Å². The number of rotatable bonds is 6. The first-order valence-corrected chi connectivity index (χ1v) is 11.5. The Balaban J connectivity index is 1.65. The van der Waals surface area contributed by atoms with Crippen LogP contribution in [0.1, 0.15) is 46.1 Å². The molecule has 4 atom stereocenters. The summed E-state index contributed by atoms with van der Waals surface area (Å²) in [6.07, 6.45) is 1.83. The fraction of sp³-hybridized carbons (Fsp3) is 0.625. The highest BCUT2D eigenvalue weighted by atomic mass is 16.7. The summed E-state index contributed by atoms with van der Waals surface area (Å²) in [5.74, 6) is -4.20. The van der Waals surface area contributed by atoms with Gasteiger partial charge in [-0.15, -0.1) is 0 Å². The van der Waals surface area contributed by atoms with Crippen LogP contribution in [0, 0.1) is 11.8 Å². The zero-order valence-electron chi connectivity index (χ0n) is 19.2. The summed E-state index contributed by atoms with van der Waals surface area (Å²) in [6, 6.07) is 8.18. The first-order chi connectivity index (χ1) is 15.1. The summed E-state index contributed by atoms with van der Waals surface area (Å²) in [5.41, 5.74) is -0.828. The maximum absolute atomic E-state index is 13.8. The first kappa shape index (κ1) is 22.7. The van der Waals surface area contributed by atoms with Gasteiger partial charge in [-0.1, -0.05) is 58.0 Å². The van der Waals surface area contributed by atoms with E-state index in [1.165, 1.54) is 4.90 Å². The largest absolute Gasteiger partial charge is 0.353 e. The molecule has 1 aromatic rings. The molecule has 2 N–H and O–H groups in total. The quantitative estimate of drug-likeness (QED) is 0.646. The Morgan fingerprint density at radius 1 is 1.22 bits per heavy atom. The number of nitrogens with zero attached hydrogens (tertiary/aromatic N) is 2. The van der Waals surface area contributed by atoms with Gasteiger partial charge in [-0.05, 0) is 30.7 Å². The van der Waals surface area contributed by atoms with Crippen molar-refractivity contribution >= 4 is 17.7 Å². The van der Waals surface area contributed by atoms with E-state index in [1.54, 1.807) is 18.7 Å². The van der Waals surface area contributed by atoms with Gasteiger partial charge in [0.15, 0.2) is 0 Å². The lowest BCUT2D eigenvalue weighted by Crippen LogP contribution is -2.72. The van der Waals surface area contributed by atoms with Crippen LogP contribution in [0.2, 0.25) is 0 Å². The molecule has 1 aromatic carbocycles. The van der Waals surface area contributed by atoms with E-state index >= 15 is 0 Å². The predicted molar refractivity (Wildman–Crippen MR) is 117 cm³/mol. The summed E-state index contributed by atoms with van der Waals surface area (Å²) >= 11 is 0. The summed E-state index contributed by atoms with van der Waals surface area (Å²) in [5, 5.41) is 14.6. The molecule has 0 radical (unpaired) electrons. The maximum atomic E-state index is 13.8. The number of amides is 3. The van der Waals surface area contributed by atoms with Crippen LogP contribution in [0.4, 0.5) is 0 Å². The SMILES string of the molecule is CC(C)[C@H]1C(=O)N2CCCC2[C@]2(O)O[C@@](C(=O)NCCc3ccccc3)(C(C)C)C(=O)N12. The summed E-state index contributed by atoms with van der Waals surface area (Å²) in [7, 11) is 0. The second-order valence-electron chi connectivity index (χ2n) is 9.70. The molecule has 8 heteroatoms. The molecule has 3 aliphatic heterocycles. The minimum atomic E-state index is -2.02. The third kappa shape index (κ3) is 3.23. The molecule has 0 bridgehead atoms. The second-order valence-corrected chi connectivity index (χ2v) is 9.70. The lowest BCUT2D eigenvalue weighted by molar-refractivity contribution is -0.316. The molecule has 174 valence electrons. The summed E-state index contributed by atoms with van der Waals surface area (Å²) in [4.78, 5) is 43.3. The smallest absolute Gasteiger partial charge is 0.275 e. The number of ether oxygens (including phenoxy) is 1. The van der Waals surface area contributed by atoms with E-state index < -0.39 is 41.3 Å². The van der Waals surface area contributed by atoms with Crippen molar-refractivity contribution in [2.24, 2.45) is 11.8 Å². The van der Waals surface area contributed by atoms with Crippen molar-refractivity contribution in [3.8, 4) is 0 Å². The maximum Gasteiger partial charge on any atom is 0.275 e. The molecule has 0 aromatic heterocycles. The van der Waals surface area contributed by atoms with E-state index in [4.69, 9.17) is 4.74 Å². The Bertz CT molecular complexity index is 904. The molecule has 3 aliphatic rings. The van der Waals surface area contributed by atoms with Gasteiger partial charge in [0.25, 0.3) is 17.7 Å². The van der Waals surface area contributed by atoms with Crippen molar-refractivity contribution in [2.45, 2.75) is 70.6 Å². The van der Waals surface area contributed by atoms with Crippen molar-refractivity contribution < 1.29 is 24.2 Å². The third-order valence-corrected chi connectivity index (χ3v) is 7.02. The highest BCUT2D eigenvalue weighted by molar-refractivity contribution is 6.11. The zero-order valence-corrected chi connectivity index (χ0v) is 19.2. The molecular weight excluding hydrogens is 410 g/mol. The van der Waals surface area contributed by atoms with Gasteiger partial charge < -0.3 is 20.1 Å². The van der Waals surface area contributed by atoms with Gasteiger partial charge in [-0.25, -0.2) is 0 Å². The number of carbonyl (C=O) groups excluding carboxylic acids is 3. The Morgan fingerprint density at radius 2 is 1.91 bits per heavy atom. The van der Waals surface area contributed by atoms with Crippen LogP contribution in [0.25, 0.3) is 0 Å². The van der Waals surface area contributed by atoms with Gasteiger partial charge in [-0.2, -0.15) is 0 Å². The Morgan fingerprint density at radius 3 is 2.53 bits per heavy atom. The van der Waals surface area contributed by atoms with E-state index in [0.29, 0.717) is 32.4 Å². The minimum absolute atomic E-state index is 0.187. The van der Waals surface area contributed by atoms with Gasteiger partial charge >= 0.3 is 0 Å². The molecule has 0 aliphatic carbocycles. The van der Waals surface area contributed by atoms with Gasteiger partial charge in [0, 0.05) is 19.0 Å². The fourth-order valence-electron chi connectivity index (χ4n) is 5.36. The molecule has 8 nitrogen and oxygen atoms in total. The molecule has 3 fully saturated rings. The van der Waals surface area contributed by atoms with Crippen molar-refractivity contribution in [2.75, 3.05) is 13.1 Å². The number of nitrogens with one attached hydrogen (secondary N) is 1. The monoisotopic (exact) mass is 443 g/mol. The standard InChI is InChI=1S/C24H33N3O5/c1-15(2)19-20(28)26-14-8-11-18(26)24(31)27(19)22(30)23(32-24,16(3)4)21(29)25-13-12-17-9-6-5-7-10-17/h5-7,9-10,15-16,18-19,31H,8,11-14H2,1-4H3,(H,25,29)/t18?,19-,23+,24-/m0/s1. The topological polar surface area (TPSA) is 99.2 Å². The molecule has 0 saturated carbocycles. The fourth-order valence-corrected chi connectivity index (χ4v) is 5.36. The Hall–Kier alpha value is -2.45. The molecule has 3 amide bonds. The average molecular weight is 444 g/mol. The van der Waals surface area contributed by atoms with Crippen LogP contribution < -0.4 is 5.32 Å². The highest BCUT2D eigenvalue weighted by Crippen LogP contribution is 2.49. The van der Waals surface area contributed by atoms with Gasteiger partial charge in [0.2, 0.25) is 11.5 Å². The number of hydrogen-bond acceptors (Lipinski definition) is 5. The number of carbonyl (C=O) groups is 3.